The predicted octanol–water partition coefficient (Wildman–Crippen LogP) is 4.79. The van der Waals surface area contributed by atoms with Crippen molar-refractivity contribution in [2.75, 3.05) is 23.6 Å². The first-order valence-electron chi connectivity index (χ1n) is 12.7. The number of sulfone groups is 1. The van der Waals surface area contributed by atoms with Crippen molar-refractivity contribution in [1.29, 1.82) is 0 Å². The molecule has 2 aromatic heterocycles. The Kier molecular flexibility index (Phi) is 6.95. The third-order valence-corrected chi connectivity index (χ3v) is 8.69. The molecule has 0 spiro atoms. The smallest absolute Gasteiger partial charge is 0.148 e. The van der Waals surface area contributed by atoms with Crippen LogP contribution in [0.15, 0.2) is 77.2 Å². The van der Waals surface area contributed by atoms with Crippen molar-refractivity contribution in [1.82, 2.24) is 14.8 Å². The maximum Gasteiger partial charge on any atom is 0.148 e. The highest BCUT2D eigenvalue weighted by atomic mass is 32.2. The van der Waals surface area contributed by atoms with Gasteiger partial charge in [-0.2, -0.15) is 5.10 Å². The standard InChI is InChI=1S/C29H27FN6O2S2/c1-40(37,38)17-24(31)12-25-16-39-29(34-25)20-5-7-27-21(10-20)13-32-18-35(27)26-6-8-28-22(11-26)14-33-36(28)15-19-3-2-4-23(30)9-19/h2-11,13-14,16,24H,12,15,17-18,31H2,1H3. The van der Waals surface area contributed by atoms with Crippen LogP contribution in [0.5, 0.6) is 0 Å². The van der Waals surface area contributed by atoms with Crippen molar-refractivity contribution in [2.45, 2.75) is 19.0 Å². The summed E-state index contributed by atoms with van der Waals surface area (Å²) in [5.74, 6) is -0.322. The van der Waals surface area contributed by atoms with Gasteiger partial charge in [-0.3, -0.25) is 9.67 Å². The third-order valence-electron chi connectivity index (χ3n) is 6.72. The largest absolute Gasteiger partial charge is 0.326 e. The Morgan fingerprint density at radius 1 is 1.12 bits per heavy atom. The average Bonchev–Trinajstić information content (AvgIpc) is 3.54. The molecule has 11 heteroatoms. The van der Waals surface area contributed by atoms with Crippen molar-refractivity contribution >= 4 is 49.7 Å². The van der Waals surface area contributed by atoms with Gasteiger partial charge in [-0.1, -0.05) is 12.1 Å². The molecule has 0 amide bonds. The lowest BCUT2D eigenvalue weighted by molar-refractivity contribution is 0.591. The Morgan fingerprint density at radius 3 is 2.83 bits per heavy atom. The molecule has 204 valence electrons. The molecule has 3 heterocycles. The summed E-state index contributed by atoms with van der Waals surface area (Å²) in [5.41, 5.74) is 12.6. The second-order valence-corrected chi connectivity index (χ2v) is 13.1. The van der Waals surface area contributed by atoms with E-state index in [-0.39, 0.29) is 11.6 Å². The molecule has 1 aliphatic rings. The van der Waals surface area contributed by atoms with Gasteiger partial charge in [0.25, 0.3) is 0 Å². The minimum atomic E-state index is -3.14. The first kappa shape index (κ1) is 26.3. The highest BCUT2D eigenvalue weighted by molar-refractivity contribution is 7.90. The summed E-state index contributed by atoms with van der Waals surface area (Å²) in [6.07, 6.45) is 5.31. The molecule has 0 radical (unpaired) electrons. The van der Waals surface area contributed by atoms with E-state index in [1.807, 2.05) is 40.7 Å². The Balaban J connectivity index is 1.22. The van der Waals surface area contributed by atoms with Crippen molar-refractivity contribution in [3.63, 3.8) is 0 Å². The number of benzene rings is 3. The summed E-state index contributed by atoms with van der Waals surface area (Å²) in [7, 11) is -3.14. The summed E-state index contributed by atoms with van der Waals surface area (Å²) in [5, 5.41) is 8.31. The lowest BCUT2D eigenvalue weighted by Gasteiger charge is -2.28. The fraction of sp³-hybridized carbons (Fsp3) is 0.207. The van der Waals surface area contributed by atoms with Gasteiger partial charge in [-0.25, -0.2) is 17.8 Å². The molecule has 0 saturated heterocycles. The van der Waals surface area contributed by atoms with Crippen LogP contribution in [0.2, 0.25) is 0 Å². The van der Waals surface area contributed by atoms with E-state index in [0.717, 1.165) is 49.7 Å². The molecular weight excluding hydrogens is 547 g/mol. The van der Waals surface area contributed by atoms with Crippen LogP contribution in [-0.2, 0) is 22.8 Å². The van der Waals surface area contributed by atoms with E-state index in [1.54, 1.807) is 6.07 Å². The first-order chi connectivity index (χ1) is 19.2. The fourth-order valence-corrected chi connectivity index (χ4v) is 6.71. The summed E-state index contributed by atoms with van der Waals surface area (Å²) in [6, 6.07) is 18.4. The van der Waals surface area contributed by atoms with Gasteiger partial charge in [0.15, 0.2) is 0 Å². The molecule has 2 N–H and O–H groups in total. The molecule has 0 bridgehead atoms. The number of nitrogens with zero attached hydrogens (tertiary/aromatic N) is 5. The number of aliphatic imine (C=N–C) groups is 1. The number of fused-ring (bicyclic) bond motifs is 2. The number of thiazole rings is 1. The number of rotatable bonds is 8. The van der Waals surface area contributed by atoms with Crippen LogP contribution in [0.3, 0.4) is 0 Å². The summed E-state index contributed by atoms with van der Waals surface area (Å²) in [4.78, 5) is 11.4. The van der Waals surface area contributed by atoms with E-state index in [1.165, 1.54) is 29.7 Å². The molecule has 8 nitrogen and oxygen atoms in total. The molecule has 1 aliphatic heterocycles. The molecule has 1 atom stereocenters. The van der Waals surface area contributed by atoms with E-state index in [2.05, 4.69) is 39.3 Å². The Bertz CT molecular complexity index is 1850. The number of nitrogens with two attached hydrogens (primary N) is 1. The Labute approximate surface area is 235 Å². The van der Waals surface area contributed by atoms with Gasteiger partial charge in [0, 0.05) is 52.5 Å². The maximum atomic E-state index is 13.6. The molecule has 3 aromatic carbocycles. The van der Waals surface area contributed by atoms with Gasteiger partial charge in [0.1, 0.15) is 27.3 Å². The number of halogens is 1. The lowest BCUT2D eigenvalue weighted by Crippen LogP contribution is -2.31. The van der Waals surface area contributed by atoms with Gasteiger partial charge in [-0.15, -0.1) is 11.3 Å². The van der Waals surface area contributed by atoms with Crippen LogP contribution in [0.1, 0.15) is 16.8 Å². The zero-order valence-corrected chi connectivity index (χ0v) is 23.4. The van der Waals surface area contributed by atoms with Crippen molar-refractivity contribution in [3.05, 3.63) is 94.9 Å². The van der Waals surface area contributed by atoms with Gasteiger partial charge in [0.05, 0.1) is 35.4 Å². The van der Waals surface area contributed by atoms with E-state index >= 15 is 0 Å². The van der Waals surface area contributed by atoms with Gasteiger partial charge in [0.2, 0.25) is 0 Å². The number of hydrogen-bond acceptors (Lipinski definition) is 8. The minimum absolute atomic E-state index is 0.0649. The number of hydrogen-bond donors (Lipinski definition) is 1. The quantitative estimate of drug-likeness (QED) is 0.286. The summed E-state index contributed by atoms with van der Waals surface area (Å²) in [6.45, 7) is 0.983. The van der Waals surface area contributed by atoms with Crippen LogP contribution < -0.4 is 10.6 Å². The molecular formula is C29H27FN6O2S2. The molecule has 6 rings (SSSR count). The molecule has 0 aliphatic carbocycles. The predicted molar refractivity (Wildman–Crippen MR) is 159 cm³/mol. The topological polar surface area (TPSA) is 106 Å². The zero-order valence-electron chi connectivity index (χ0n) is 21.7. The van der Waals surface area contributed by atoms with E-state index in [9.17, 15) is 12.8 Å². The normalized spacial score (nSPS) is 14.0. The van der Waals surface area contributed by atoms with E-state index in [4.69, 9.17) is 10.7 Å². The van der Waals surface area contributed by atoms with Gasteiger partial charge < -0.3 is 10.6 Å². The number of aromatic nitrogens is 3. The second-order valence-electron chi connectivity index (χ2n) is 10.0. The van der Waals surface area contributed by atoms with E-state index in [0.29, 0.717) is 19.6 Å². The van der Waals surface area contributed by atoms with Gasteiger partial charge in [-0.05, 0) is 54.1 Å². The first-order valence-corrected chi connectivity index (χ1v) is 15.7. The van der Waals surface area contributed by atoms with Crippen molar-refractivity contribution < 1.29 is 12.8 Å². The lowest BCUT2D eigenvalue weighted by atomic mass is 10.1. The Morgan fingerprint density at radius 2 is 2.00 bits per heavy atom. The molecule has 0 fully saturated rings. The molecule has 5 aromatic rings. The fourth-order valence-electron chi connectivity index (χ4n) is 4.98. The minimum Gasteiger partial charge on any atom is -0.326 e. The van der Waals surface area contributed by atoms with Crippen LogP contribution in [0.4, 0.5) is 15.8 Å². The zero-order chi connectivity index (χ0) is 27.9. The average molecular weight is 575 g/mol. The SMILES string of the molecule is CS(=O)(=O)CC(N)Cc1csc(-c2ccc3c(c2)C=NCN3c2ccc3c(cnn3Cc3cccc(F)c3)c2)n1. The molecule has 1 unspecified atom stereocenters. The van der Waals surface area contributed by atoms with Crippen LogP contribution in [-0.4, -0.2) is 54.1 Å². The highest BCUT2D eigenvalue weighted by Crippen LogP contribution is 2.35. The highest BCUT2D eigenvalue weighted by Gasteiger charge is 2.19. The summed E-state index contributed by atoms with van der Waals surface area (Å²) >= 11 is 1.51. The Hall–Kier alpha value is -3.93. The monoisotopic (exact) mass is 574 g/mol. The second kappa shape index (κ2) is 10.6. The molecule has 0 saturated carbocycles. The van der Waals surface area contributed by atoms with Crippen LogP contribution in [0, 0.1) is 5.82 Å². The molecule has 40 heavy (non-hydrogen) atoms. The summed E-state index contributed by atoms with van der Waals surface area (Å²) < 4.78 is 38.6. The third kappa shape index (κ3) is 5.67. The number of anilines is 2. The van der Waals surface area contributed by atoms with Crippen LogP contribution in [0.25, 0.3) is 21.5 Å². The van der Waals surface area contributed by atoms with Crippen LogP contribution >= 0.6 is 11.3 Å². The van der Waals surface area contributed by atoms with E-state index < -0.39 is 15.9 Å². The van der Waals surface area contributed by atoms with Gasteiger partial charge >= 0.3 is 0 Å². The maximum absolute atomic E-state index is 13.6. The van der Waals surface area contributed by atoms with Crippen molar-refractivity contribution in [3.8, 4) is 10.6 Å². The van der Waals surface area contributed by atoms with Crippen molar-refractivity contribution in [2.24, 2.45) is 10.7 Å².